The van der Waals surface area contributed by atoms with Gasteiger partial charge in [0.15, 0.2) is 0 Å². The topological polar surface area (TPSA) is 72.2 Å². The minimum absolute atomic E-state index is 0.194. The van der Waals surface area contributed by atoms with Crippen LogP contribution in [0.1, 0.15) is 39.2 Å². The van der Waals surface area contributed by atoms with Gasteiger partial charge in [-0.3, -0.25) is 0 Å². The van der Waals surface area contributed by atoms with Gasteiger partial charge in [0.05, 0.1) is 4.90 Å². The molecule has 0 aliphatic carbocycles. The largest absolute Gasteiger partial charge is 0.329 e. The van der Waals surface area contributed by atoms with Gasteiger partial charge in [-0.15, -0.1) is 0 Å². The van der Waals surface area contributed by atoms with Crippen molar-refractivity contribution in [1.82, 2.24) is 4.72 Å². The van der Waals surface area contributed by atoms with Crippen LogP contribution in [0.5, 0.6) is 0 Å². The summed E-state index contributed by atoms with van der Waals surface area (Å²) in [5.74, 6) is 0.557. The summed E-state index contributed by atoms with van der Waals surface area (Å²) < 4.78 is 27.2. The fourth-order valence-electron chi connectivity index (χ4n) is 2.14. The second kappa shape index (κ2) is 7.76. The monoisotopic (exact) mass is 298 g/mol. The zero-order chi connectivity index (χ0) is 15.2. The molecular formula is C15H26N2O2S. The van der Waals surface area contributed by atoms with Crippen LogP contribution in [0.3, 0.4) is 0 Å². The van der Waals surface area contributed by atoms with E-state index in [0.717, 1.165) is 24.8 Å². The normalized spacial score (nSPS) is 13.7. The van der Waals surface area contributed by atoms with Gasteiger partial charge in [0.1, 0.15) is 0 Å². The lowest BCUT2D eigenvalue weighted by atomic mass is 10.0. The van der Waals surface area contributed by atoms with Crippen molar-refractivity contribution in [2.75, 3.05) is 6.54 Å². The number of sulfonamides is 1. The Labute approximate surface area is 122 Å². The number of benzene rings is 1. The Balaban J connectivity index is 2.81. The summed E-state index contributed by atoms with van der Waals surface area (Å²) in [5, 5.41) is 0. The van der Waals surface area contributed by atoms with Crippen molar-refractivity contribution in [2.24, 2.45) is 11.7 Å². The fourth-order valence-corrected chi connectivity index (χ4v) is 3.42. The molecule has 1 atom stereocenters. The van der Waals surface area contributed by atoms with Crippen LogP contribution >= 0.6 is 0 Å². The van der Waals surface area contributed by atoms with E-state index >= 15 is 0 Å². The molecule has 1 aromatic rings. The minimum Gasteiger partial charge on any atom is -0.329 e. The Morgan fingerprint density at radius 1 is 1.20 bits per heavy atom. The smallest absolute Gasteiger partial charge is 0.240 e. The molecule has 0 heterocycles. The Kier molecular flexibility index (Phi) is 6.65. The first kappa shape index (κ1) is 17.1. The molecule has 0 spiro atoms. The Morgan fingerprint density at radius 3 is 2.25 bits per heavy atom. The van der Waals surface area contributed by atoms with Crippen LogP contribution < -0.4 is 10.5 Å². The summed E-state index contributed by atoms with van der Waals surface area (Å²) in [5.41, 5.74) is 6.75. The standard InChI is InChI=1S/C15H26N2O2S/c1-4-5-14(11-16)17-20(18,19)15-8-6-13(7-9-15)10-12(2)3/h6-9,12,14,17H,4-5,10-11,16H2,1-3H3. The fraction of sp³-hybridized carbons (Fsp3) is 0.600. The lowest BCUT2D eigenvalue weighted by Crippen LogP contribution is -2.39. The maximum atomic E-state index is 12.2. The molecule has 1 aromatic carbocycles. The van der Waals surface area contributed by atoms with Crippen LogP contribution in [0, 0.1) is 5.92 Å². The molecule has 3 N–H and O–H groups in total. The first-order valence-electron chi connectivity index (χ1n) is 7.20. The minimum atomic E-state index is -3.47. The molecule has 20 heavy (non-hydrogen) atoms. The number of hydrogen-bond donors (Lipinski definition) is 2. The maximum absolute atomic E-state index is 12.2. The SMILES string of the molecule is CCCC(CN)NS(=O)(=O)c1ccc(CC(C)C)cc1. The number of nitrogens with one attached hydrogen (secondary N) is 1. The molecule has 0 amide bonds. The van der Waals surface area contributed by atoms with Crippen molar-refractivity contribution in [3.63, 3.8) is 0 Å². The molecule has 0 saturated heterocycles. The molecule has 1 rings (SSSR count). The van der Waals surface area contributed by atoms with Gasteiger partial charge in [-0.2, -0.15) is 0 Å². The van der Waals surface area contributed by atoms with E-state index in [1.54, 1.807) is 12.1 Å². The van der Waals surface area contributed by atoms with Crippen molar-refractivity contribution in [3.8, 4) is 0 Å². The molecule has 0 aliphatic heterocycles. The molecule has 0 aliphatic rings. The lowest BCUT2D eigenvalue weighted by molar-refractivity contribution is 0.527. The molecule has 0 bridgehead atoms. The van der Waals surface area contributed by atoms with Crippen molar-refractivity contribution in [3.05, 3.63) is 29.8 Å². The highest BCUT2D eigenvalue weighted by molar-refractivity contribution is 7.89. The highest BCUT2D eigenvalue weighted by Crippen LogP contribution is 2.14. The molecule has 0 fully saturated rings. The van der Waals surface area contributed by atoms with Gasteiger partial charge < -0.3 is 5.73 Å². The Hall–Kier alpha value is -0.910. The molecule has 1 unspecified atom stereocenters. The third-order valence-electron chi connectivity index (χ3n) is 3.12. The third kappa shape index (κ3) is 5.23. The van der Waals surface area contributed by atoms with Crippen LogP contribution in [0.15, 0.2) is 29.2 Å². The van der Waals surface area contributed by atoms with Crippen LogP contribution in [-0.4, -0.2) is 21.0 Å². The Bertz CT molecular complexity index is 495. The summed E-state index contributed by atoms with van der Waals surface area (Å²) in [6.45, 7) is 6.61. The van der Waals surface area contributed by atoms with Gasteiger partial charge in [-0.25, -0.2) is 13.1 Å². The van der Waals surface area contributed by atoms with Gasteiger partial charge in [-0.05, 0) is 36.5 Å². The second-order valence-corrected chi connectivity index (χ2v) is 7.30. The van der Waals surface area contributed by atoms with E-state index in [4.69, 9.17) is 5.73 Å². The summed E-state index contributed by atoms with van der Waals surface area (Å²) in [7, 11) is -3.47. The predicted octanol–water partition coefficient (Wildman–Crippen LogP) is 2.29. The predicted molar refractivity (Wildman–Crippen MR) is 83.1 cm³/mol. The van der Waals surface area contributed by atoms with Gasteiger partial charge in [0, 0.05) is 12.6 Å². The van der Waals surface area contributed by atoms with E-state index in [9.17, 15) is 8.42 Å². The molecular weight excluding hydrogens is 272 g/mol. The van der Waals surface area contributed by atoms with Crippen molar-refractivity contribution < 1.29 is 8.42 Å². The quantitative estimate of drug-likeness (QED) is 0.773. The number of rotatable bonds is 8. The first-order chi connectivity index (χ1) is 9.39. The summed E-state index contributed by atoms with van der Waals surface area (Å²) in [6.07, 6.45) is 2.61. The molecule has 114 valence electrons. The van der Waals surface area contributed by atoms with Gasteiger partial charge in [0.2, 0.25) is 10.0 Å². The lowest BCUT2D eigenvalue weighted by Gasteiger charge is -2.16. The zero-order valence-corrected chi connectivity index (χ0v) is 13.4. The van der Waals surface area contributed by atoms with E-state index in [0.29, 0.717) is 17.4 Å². The molecule has 0 saturated carbocycles. The first-order valence-corrected chi connectivity index (χ1v) is 8.68. The van der Waals surface area contributed by atoms with Crippen molar-refractivity contribution in [1.29, 1.82) is 0 Å². The summed E-state index contributed by atoms with van der Waals surface area (Å²) in [4.78, 5) is 0.305. The summed E-state index contributed by atoms with van der Waals surface area (Å²) >= 11 is 0. The molecule has 4 nitrogen and oxygen atoms in total. The van der Waals surface area contributed by atoms with Crippen LogP contribution in [-0.2, 0) is 16.4 Å². The summed E-state index contributed by atoms with van der Waals surface area (Å²) in [6, 6.07) is 6.90. The van der Waals surface area contributed by atoms with E-state index in [1.165, 1.54) is 0 Å². The highest BCUT2D eigenvalue weighted by atomic mass is 32.2. The van der Waals surface area contributed by atoms with Gasteiger partial charge in [0.25, 0.3) is 0 Å². The van der Waals surface area contributed by atoms with Crippen molar-refractivity contribution >= 4 is 10.0 Å². The van der Waals surface area contributed by atoms with E-state index < -0.39 is 10.0 Å². The molecule has 5 heteroatoms. The van der Waals surface area contributed by atoms with Gasteiger partial charge in [-0.1, -0.05) is 39.3 Å². The zero-order valence-electron chi connectivity index (χ0n) is 12.6. The number of hydrogen-bond acceptors (Lipinski definition) is 3. The molecule has 0 radical (unpaired) electrons. The molecule has 0 aromatic heterocycles. The number of nitrogens with two attached hydrogens (primary N) is 1. The van der Waals surface area contributed by atoms with Gasteiger partial charge >= 0.3 is 0 Å². The second-order valence-electron chi connectivity index (χ2n) is 5.58. The average Bonchev–Trinajstić information content (AvgIpc) is 2.38. The van der Waals surface area contributed by atoms with Crippen LogP contribution in [0.2, 0.25) is 0 Å². The third-order valence-corrected chi connectivity index (χ3v) is 4.66. The van der Waals surface area contributed by atoms with E-state index in [1.807, 2.05) is 19.1 Å². The highest BCUT2D eigenvalue weighted by Gasteiger charge is 2.18. The Morgan fingerprint density at radius 2 is 1.80 bits per heavy atom. The van der Waals surface area contributed by atoms with Crippen LogP contribution in [0.25, 0.3) is 0 Å². The van der Waals surface area contributed by atoms with E-state index in [-0.39, 0.29) is 6.04 Å². The van der Waals surface area contributed by atoms with Crippen LogP contribution in [0.4, 0.5) is 0 Å². The van der Waals surface area contributed by atoms with E-state index in [2.05, 4.69) is 18.6 Å². The maximum Gasteiger partial charge on any atom is 0.240 e. The average molecular weight is 298 g/mol. The van der Waals surface area contributed by atoms with Crippen molar-refractivity contribution in [2.45, 2.75) is 51.0 Å².